The van der Waals surface area contributed by atoms with Crippen molar-refractivity contribution in [3.05, 3.63) is 40.7 Å². The molecule has 2 aromatic heterocycles. The summed E-state index contributed by atoms with van der Waals surface area (Å²) in [5.74, 6) is 0.480. The molecular formula is C11H11BrN2O3. The number of hydrogen-bond acceptors (Lipinski definition) is 5. The maximum absolute atomic E-state index is 10.0. The van der Waals surface area contributed by atoms with E-state index in [4.69, 9.17) is 9.15 Å². The van der Waals surface area contributed by atoms with E-state index in [9.17, 15) is 5.11 Å². The molecule has 0 bridgehead atoms. The van der Waals surface area contributed by atoms with E-state index in [1.54, 1.807) is 12.1 Å². The van der Waals surface area contributed by atoms with Crippen molar-refractivity contribution in [2.24, 2.45) is 0 Å². The number of aliphatic hydroxyl groups excluding tert-OH is 1. The van der Waals surface area contributed by atoms with Gasteiger partial charge in [-0.15, -0.1) is 0 Å². The van der Waals surface area contributed by atoms with E-state index in [1.165, 1.54) is 19.7 Å². The Kier molecular flexibility index (Phi) is 3.75. The quantitative estimate of drug-likeness (QED) is 0.936. The molecule has 1 atom stereocenters. The Morgan fingerprint density at radius 3 is 3.00 bits per heavy atom. The largest absolute Gasteiger partial charge is 0.481 e. The fourth-order valence-electron chi connectivity index (χ4n) is 1.45. The first-order valence-corrected chi connectivity index (χ1v) is 5.76. The molecule has 90 valence electrons. The van der Waals surface area contributed by atoms with Crippen LogP contribution in [0.2, 0.25) is 0 Å². The third kappa shape index (κ3) is 2.83. The summed E-state index contributed by atoms with van der Waals surface area (Å²) in [6.45, 7) is 0. The molecular weight excluding hydrogens is 288 g/mol. The summed E-state index contributed by atoms with van der Waals surface area (Å²) in [5, 5.41) is 10.0. The molecule has 17 heavy (non-hydrogen) atoms. The average Bonchev–Trinajstić information content (AvgIpc) is 2.76. The lowest BCUT2D eigenvalue weighted by molar-refractivity contribution is 0.175. The van der Waals surface area contributed by atoms with Crippen molar-refractivity contribution in [1.82, 2.24) is 9.97 Å². The van der Waals surface area contributed by atoms with Gasteiger partial charge in [0.2, 0.25) is 5.88 Å². The summed E-state index contributed by atoms with van der Waals surface area (Å²) in [4.78, 5) is 7.97. The van der Waals surface area contributed by atoms with Crippen molar-refractivity contribution in [1.29, 1.82) is 0 Å². The van der Waals surface area contributed by atoms with Crippen LogP contribution < -0.4 is 4.74 Å². The maximum atomic E-state index is 10.0. The molecule has 2 rings (SSSR count). The van der Waals surface area contributed by atoms with E-state index in [1.807, 2.05) is 0 Å². The second kappa shape index (κ2) is 5.29. The minimum atomic E-state index is -0.678. The van der Waals surface area contributed by atoms with Gasteiger partial charge in [0.1, 0.15) is 6.33 Å². The molecule has 0 radical (unpaired) electrons. The second-order valence-corrected chi connectivity index (χ2v) is 4.14. The number of methoxy groups -OCH3 is 1. The van der Waals surface area contributed by atoms with Gasteiger partial charge < -0.3 is 14.3 Å². The molecule has 0 aliphatic rings. The molecule has 0 aliphatic carbocycles. The van der Waals surface area contributed by atoms with Crippen LogP contribution in [-0.4, -0.2) is 22.2 Å². The van der Waals surface area contributed by atoms with Crippen molar-refractivity contribution in [2.45, 2.75) is 12.5 Å². The molecule has 1 unspecified atom stereocenters. The van der Waals surface area contributed by atoms with Crippen molar-refractivity contribution in [3.8, 4) is 5.88 Å². The predicted octanol–water partition coefficient (Wildman–Crippen LogP) is 2.12. The van der Waals surface area contributed by atoms with Gasteiger partial charge in [-0.25, -0.2) is 9.97 Å². The molecule has 0 spiro atoms. The van der Waals surface area contributed by atoms with E-state index < -0.39 is 6.10 Å². The fourth-order valence-corrected chi connectivity index (χ4v) is 1.96. The fraction of sp³-hybridized carbons (Fsp3) is 0.273. The molecule has 0 saturated carbocycles. The molecule has 0 aliphatic heterocycles. The zero-order chi connectivity index (χ0) is 12.3. The van der Waals surface area contributed by atoms with Gasteiger partial charge in [-0.3, -0.25) is 0 Å². The molecule has 0 fully saturated rings. The molecule has 0 aromatic carbocycles. The summed E-state index contributed by atoms with van der Waals surface area (Å²) in [7, 11) is 1.54. The number of ether oxygens (including phenoxy) is 1. The van der Waals surface area contributed by atoms with E-state index in [-0.39, 0.29) is 0 Å². The van der Waals surface area contributed by atoms with E-state index >= 15 is 0 Å². The molecule has 6 heteroatoms. The van der Waals surface area contributed by atoms with Crippen molar-refractivity contribution < 1.29 is 14.3 Å². The van der Waals surface area contributed by atoms with Crippen LogP contribution in [0.1, 0.15) is 17.4 Å². The van der Waals surface area contributed by atoms with Crippen LogP contribution in [0.25, 0.3) is 0 Å². The van der Waals surface area contributed by atoms with Crippen LogP contribution in [0.3, 0.4) is 0 Å². The highest BCUT2D eigenvalue weighted by Gasteiger charge is 2.15. The zero-order valence-corrected chi connectivity index (χ0v) is 10.7. The third-order valence-corrected chi connectivity index (χ3v) is 2.96. The number of aliphatic hydroxyl groups is 1. The Bertz CT molecular complexity index is 501. The van der Waals surface area contributed by atoms with Gasteiger partial charge in [-0.05, 0) is 22.0 Å². The first-order valence-electron chi connectivity index (χ1n) is 4.96. The zero-order valence-electron chi connectivity index (χ0n) is 9.13. The minimum absolute atomic E-state index is 0.372. The van der Waals surface area contributed by atoms with Crippen LogP contribution in [0, 0.1) is 0 Å². The number of aromatic nitrogens is 2. The Morgan fingerprint density at radius 1 is 1.53 bits per heavy atom. The first-order chi connectivity index (χ1) is 8.20. The SMILES string of the molecule is COc1cc(CC(O)c2ccoc2Br)ncn1. The summed E-state index contributed by atoms with van der Waals surface area (Å²) in [5.41, 5.74) is 1.40. The Balaban J connectivity index is 2.13. The highest BCUT2D eigenvalue weighted by Crippen LogP contribution is 2.26. The highest BCUT2D eigenvalue weighted by atomic mass is 79.9. The van der Waals surface area contributed by atoms with Gasteiger partial charge in [0.25, 0.3) is 0 Å². The molecule has 2 heterocycles. The van der Waals surface area contributed by atoms with Crippen LogP contribution in [-0.2, 0) is 6.42 Å². The van der Waals surface area contributed by atoms with Gasteiger partial charge in [-0.1, -0.05) is 0 Å². The first kappa shape index (κ1) is 12.1. The molecule has 2 aromatic rings. The Hall–Kier alpha value is -1.40. The minimum Gasteiger partial charge on any atom is -0.481 e. The predicted molar refractivity (Wildman–Crippen MR) is 63.7 cm³/mol. The average molecular weight is 299 g/mol. The van der Waals surface area contributed by atoms with E-state index in [2.05, 4.69) is 25.9 Å². The summed E-state index contributed by atoms with van der Waals surface area (Å²) in [6.07, 6.45) is 2.62. The Morgan fingerprint density at radius 2 is 2.35 bits per heavy atom. The molecule has 0 amide bonds. The van der Waals surface area contributed by atoms with Crippen molar-refractivity contribution in [3.63, 3.8) is 0 Å². The van der Waals surface area contributed by atoms with E-state index in [0.29, 0.717) is 28.2 Å². The van der Waals surface area contributed by atoms with Gasteiger partial charge in [0.05, 0.1) is 25.2 Å². The number of rotatable bonds is 4. The summed E-state index contributed by atoms with van der Waals surface area (Å²) in [6, 6.07) is 3.41. The number of furan rings is 1. The van der Waals surface area contributed by atoms with Gasteiger partial charge >= 0.3 is 0 Å². The van der Waals surface area contributed by atoms with E-state index in [0.717, 1.165) is 0 Å². The maximum Gasteiger partial charge on any atom is 0.216 e. The third-order valence-electron chi connectivity index (χ3n) is 2.32. The molecule has 0 saturated heterocycles. The molecule has 5 nitrogen and oxygen atoms in total. The summed E-state index contributed by atoms with van der Waals surface area (Å²) < 4.78 is 10.6. The van der Waals surface area contributed by atoms with Crippen LogP contribution in [0.5, 0.6) is 5.88 Å². The van der Waals surface area contributed by atoms with Gasteiger partial charge in [0.15, 0.2) is 4.67 Å². The number of nitrogens with zero attached hydrogens (tertiary/aromatic N) is 2. The Labute approximate surface area is 107 Å². The lowest BCUT2D eigenvalue weighted by Gasteiger charge is -2.08. The standard InChI is InChI=1S/C11H11BrN2O3/c1-16-10-5-7(13-6-14-10)4-9(15)8-2-3-17-11(8)12/h2-3,5-6,9,15H,4H2,1H3. The topological polar surface area (TPSA) is 68.4 Å². The lowest BCUT2D eigenvalue weighted by Crippen LogP contribution is -2.03. The van der Waals surface area contributed by atoms with Crippen LogP contribution in [0.4, 0.5) is 0 Å². The highest BCUT2D eigenvalue weighted by molar-refractivity contribution is 9.10. The lowest BCUT2D eigenvalue weighted by atomic mass is 10.1. The summed E-state index contributed by atoms with van der Waals surface area (Å²) >= 11 is 3.22. The monoisotopic (exact) mass is 298 g/mol. The second-order valence-electron chi connectivity index (χ2n) is 3.42. The van der Waals surface area contributed by atoms with Gasteiger partial charge in [-0.2, -0.15) is 0 Å². The normalized spacial score (nSPS) is 12.4. The number of halogens is 1. The van der Waals surface area contributed by atoms with Crippen LogP contribution in [0.15, 0.2) is 33.8 Å². The van der Waals surface area contributed by atoms with Crippen molar-refractivity contribution in [2.75, 3.05) is 7.11 Å². The smallest absolute Gasteiger partial charge is 0.216 e. The van der Waals surface area contributed by atoms with Crippen LogP contribution >= 0.6 is 15.9 Å². The number of hydrogen-bond donors (Lipinski definition) is 1. The van der Waals surface area contributed by atoms with Gasteiger partial charge in [0, 0.05) is 18.1 Å². The molecule has 1 N–H and O–H groups in total. The van der Waals surface area contributed by atoms with Crippen molar-refractivity contribution >= 4 is 15.9 Å².